The van der Waals surface area contributed by atoms with Crippen LogP contribution in [0.5, 0.6) is 11.5 Å². The van der Waals surface area contributed by atoms with Crippen LogP contribution in [0.2, 0.25) is 0 Å². The predicted octanol–water partition coefficient (Wildman–Crippen LogP) is 1.86. The molecule has 1 aliphatic carbocycles. The van der Waals surface area contributed by atoms with Gasteiger partial charge in [0.15, 0.2) is 11.5 Å². The maximum absolute atomic E-state index is 11.8. The van der Waals surface area contributed by atoms with Crippen molar-refractivity contribution in [1.29, 1.82) is 0 Å². The Morgan fingerprint density at radius 3 is 2.70 bits per heavy atom. The normalized spacial score (nSPS) is 19.8. The van der Waals surface area contributed by atoms with E-state index in [0.29, 0.717) is 11.8 Å². The summed E-state index contributed by atoms with van der Waals surface area (Å²) in [6, 6.07) is 5.45. The van der Waals surface area contributed by atoms with Gasteiger partial charge in [0.1, 0.15) is 6.04 Å². The second-order valence-corrected chi connectivity index (χ2v) is 5.45. The first-order valence-corrected chi connectivity index (χ1v) is 7.19. The zero-order valence-electron chi connectivity index (χ0n) is 11.4. The number of fused-ring (bicyclic) bond motifs is 1. The summed E-state index contributed by atoms with van der Waals surface area (Å²) in [7, 11) is 0. The van der Waals surface area contributed by atoms with Crippen LogP contribution in [0.3, 0.4) is 0 Å². The van der Waals surface area contributed by atoms with Gasteiger partial charge >= 0.3 is 0 Å². The average Bonchev–Trinajstić information content (AvgIpc) is 2.93. The summed E-state index contributed by atoms with van der Waals surface area (Å²) in [4.78, 5) is 11.8. The van der Waals surface area contributed by atoms with E-state index in [4.69, 9.17) is 15.2 Å². The highest BCUT2D eigenvalue weighted by atomic mass is 16.7. The van der Waals surface area contributed by atoms with E-state index >= 15 is 0 Å². The number of rotatable bonds is 4. The van der Waals surface area contributed by atoms with Crippen molar-refractivity contribution in [2.45, 2.75) is 44.2 Å². The Balaban J connectivity index is 1.77. The zero-order valence-corrected chi connectivity index (χ0v) is 11.4. The number of primary amides is 1. The van der Waals surface area contributed by atoms with Crippen LogP contribution in [0.15, 0.2) is 18.2 Å². The molecule has 108 valence electrons. The minimum absolute atomic E-state index is 0.232. The Labute approximate surface area is 118 Å². The highest BCUT2D eigenvalue weighted by Crippen LogP contribution is 2.34. The molecule has 3 rings (SSSR count). The predicted molar refractivity (Wildman–Crippen MR) is 74.5 cm³/mol. The van der Waals surface area contributed by atoms with E-state index in [2.05, 4.69) is 5.32 Å². The van der Waals surface area contributed by atoms with Crippen molar-refractivity contribution in [2.24, 2.45) is 5.73 Å². The van der Waals surface area contributed by atoms with E-state index in [1.54, 1.807) is 0 Å². The minimum atomic E-state index is -0.465. The molecular weight excluding hydrogens is 256 g/mol. The first kappa shape index (κ1) is 13.2. The SMILES string of the molecule is NC(=O)C(NC1CCCCC1)c1ccc2c(c1)OCO2. The molecule has 1 saturated carbocycles. The van der Waals surface area contributed by atoms with Crippen LogP contribution in [-0.4, -0.2) is 18.7 Å². The topological polar surface area (TPSA) is 73.6 Å². The van der Waals surface area contributed by atoms with Crippen molar-refractivity contribution in [3.63, 3.8) is 0 Å². The average molecular weight is 276 g/mol. The monoisotopic (exact) mass is 276 g/mol. The molecule has 1 heterocycles. The fourth-order valence-corrected chi connectivity index (χ4v) is 2.94. The van der Waals surface area contributed by atoms with E-state index in [0.717, 1.165) is 24.2 Å². The fraction of sp³-hybridized carbons (Fsp3) is 0.533. The largest absolute Gasteiger partial charge is 0.454 e. The molecule has 20 heavy (non-hydrogen) atoms. The lowest BCUT2D eigenvalue weighted by Crippen LogP contribution is -2.40. The first-order chi connectivity index (χ1) is 9.74. The lowest BCUT2D eigenvalue weighted by Gasteiger charge is -2.27. The van der Waals surface area contributed by atoms with Gasteiger partial charge in [0.25, 0.3) is 0 Å². The third-order valence-corrected chi connectivity index (χ3v) is 4.02. The van der Waals surface area contributed by atoms with Crippen LogP contribution >= 0.6 is 0 Å². The van der Waals surface area contributed by atoms with Crippen molar-refractivity contribution in [2.75, 3.05) is 6.79 Å². The molecule has 0 spiro atoms. The van der Waals surface area contributed by atoms with E-state index in [9.17, 15) is 4.79 Å². The molecule has 0 saturated heterocycles. The van der Waals surface area contributed by atoms with Gasteiger partial charge < -0.3 is 15.2 Å². The Bertz CT molecular complexity index is 498. The molecule has 0 aromatic heterocycles. The second-order valence-electron chi connectivity index (χ2n) is 5.45. The molecule has 1 aromatic carbocycles. The number of amides is 1. The van der Waals surface area contributed by atoms with E-state index in [1.165, 1.54) is 19.3 Å². The van der Waals surface area contributed by atoms with E-state index in [-0.39, 0.29) is 12.7 Å². The van der Waals surface area contributed by atoms with Crippen molar-refractivity contribution >= 4 is 5.91 Å². The second kappa shape index (κ2) is 5.71. The summed E-state index contributed by atoms with van der Waals surface area (Å²) in [5.41, 5.74) is 6.40. The van der Waals surface area contributed by atoms with Gasteiger partial charge in [0.2, 0.25) is 12.7 Å². The van der Waals surface area contributed by atoms with E-state index < -0.39 is 6.04 Å². The van der Waals surface area contributed by atoms with Crippen molar-refractivity contribution in [3.8, 4) is 11.5 Å². The summed E-state index contributed by atoms with van der Waals surface area (Å²) in [6.45, 7) is 0.232. The van der Waals surface area contributed by atoms with Gasteiger partial charge in [-0.05, 0) is 30.5 Å². The Morgan fingerprint density at radius 1 is 1.20 bits per heavy atom. The summed E-state index contributed by atoms with van der Waals surface area (Å²) < 4.78 is 10.6. The van der Waals surface area contributed by atoms with Crippen molar-refractivity contribution in [1.82, 2.24) is 5.32 Å². The summed E-state index contributed by atoms with van der Waals surface area (Å²) >= 11 is 0. The third kappa shape index (κ3) is 2.72. The maximum Gasteiger partial charge on any atom is 0.239 e. The van der Waals surface area contributed by atoms with Crippen LogP contribution in [0.25, 0.3) is 0 Å². The molecule has 1 amide bonds. The van der Waals surface area contributed by atoms with Crippen molar-refractivity contribution < 1.29 is 14.3 Å². The molecule has 2 aliphatic rings. The number of nitrogens with one attached hydrogen (secondary N) is 1. The molecule has 0 bridgehead atoms. The Kier molecular flexibility index (Phi) is 3.78. The molecule has 1 atom stereocenters. The van der Waals surface area contributed by atoms with Gasteiger partial charge in [-0.15, -0.1) is 0 Å². The Morgan fingerprint density at radius 2 is 1.95 bits per heavy atom. The molecule has 1 aromatic rings. The number of carbonyl (C=O) groups excluding carboxylic acids is 1. The summed E-state index contributed by atoms with van der Waals surface area (Å²) in [6.07, 6.45) is 5.92. The summed E-state index contributed by atoms with van der Waals surface area (Å²) in [5, 5.41) is 3.39. The zero-order chi connectivity index (χ0) is 13.9. The van der Waals surface area contributed by atoms with Gasteiger partial charge in [0, 0.05) is 6.04 Å². The number of hydrogen-bond acceptors (Lipinski definition) is 4. The molecule has 3 N–H and O–H groups in total. The van der Waals surface area contributed by atoms with Crippen LogP contribution in [-0.2, 0) is 4.79 Å². The third-order valence-electron chi connectivity index (χ3n) is 4.02. The number of benzene rings is 1. The molecular formula is C15H20N2O3. The van der Waals surface area contributed by atoms with Crippen LogP contribution in [0, 0.1) is 0 Å². The Hall–Kier alpha value is -1.75. The fourth-order valence-electron chi connectivity index (χ4n) is 2.94. The highest BCUT2D eigenvalue weighted by Gasteiger charge is 2.25. The number of ether oxygens (including phenoxy) is 2. The molecule has 5 heteroatoms. The van der Waals surface area contributed by atoms with Crippen molar-refractivity contribution in [3.05, 3.63) is 23.8 Å². The lowest BCUT2D eigenvalue weighted by atomic mass is 9.94. The van der Waals surface area contributed by atoms with E-state index in [1.807, 2.05) is 18.2 Å². The van der Waals surface area contributed by atoms with Crippen LogP contribution in [0.1, 0.15) is 43.7 Å². The molecule has 0 radical (unpaired) electrons. The molecule has 1 unspecified atom stereocenters. The molecule has 1 aliphatic heterocycles. The maximum atomic E-state index is 11.8. The van der Waals surface area contributed by atoms with Gasteiger partial charge in [-0.3, -0.25) is 10.1 Å². The number of carbonyl (C=O) groups is 1. The lowest BCUT2D eigenvalue weighted by molar-refractivity contribution is -0.120. The van der Waals surface area contributed by atoms with Gasteiger partial charge in [-0.1, -0.05) is 25.3 Å². The molecule has 5 nitrogen and oxygen atoms in total. The minimum Gasteiger partial charge on any atom is -0.454 e. The van der Waals surface area contributed by atoms with Gasteiger partial charge in [0.05, 0.1) is 0 Å². The standard InChI is InChI=1S/C15H20N2O3/c16-15(18)14(17-11-4-2-1-3-5-11)10-6-7-12-13(8-10)20-9-19-12/h6-8,11,14,17H,1-5,9H2,(H2,16,18). The number of nitrogens with two attached hydrogens (primary N) is 1. The summed E-state index contributed by atoms with van der Waals surface area (Å²) in [5.74, 6) is 1.04. The first-order valence-electron chi connectivity index (χ1n) is 7.19. The molecule has 1 fully saturated rings. The smallest absolute Gasteiger partial charge is 0.239 e. The quantitative estimate of drug-likeness (QED) is 0.880. The van der Waals surface area contributed by atoms with Gasteiger partial charge in [-0.2, -0.15) is 0 Å². The van der Waals surface area contributed by atoms with Crippen LogP contribution in [0.4, 0.5) is 0 Å². The number of hydrogen-bond donors (Lipinski definition) is 2. The van der Waals surface area contributed by atoms with Crippen LogP contribution < -0.4 is 20.5 Å². The van der Waals surface area contributed by atoms with Gasteiger partial charge in [-0.25, -0.2) is 0 Å². The highest BCUT2D eigenvalue weighted by molar-refractivity contribution is 5.81.